The highest BCUT2D eigenvalue weighted by Crippen LogP contribution is 2.27. The van der Waals surface area contributed by atoms with Crippen LogP contribution in [0.1, 0.15) is 6.42 Å². The Morgan fingerprint density at radius 3 is 2.56 bits per heavy atom. The van der Waals surface area contributed by atoms with Crippen LogP contribution in [0.2, 0.25) is 0 Å². The first-order chi connectivity index (χ1) is 7.53. The third-order valence-electron chi connectivity index (χ3n) is 2.49. The lowest BCUT2D eigenvalue weighted by Crippen LogP contribution is -2.33. The Morgan fingerprint density at radius 2 is 2.06 bits per heavy atom. The molecule has 0 radical (unpaired) electrons. The molecule has 1 atom stereocenters. The molecular weight excluding hydrogens is 232 g/mol. The van der Waals surface area contributed by atoms with Crippen LogP contribution in [0, 0.1) is 0 Å². The van der Waals surface area contributed by atoms with E-state index in [4.69, 9.17) is 5.11 Å². The fourth-order valence-electron chi connectivity index (χ4n) is 1.70. The van der Waals surface area contributed by atoms with Crippen LogP contribution in [-0.2, 0) is 14.8 Å². The van der Waals surface area contributed by atoms with Gasteiger partial charge in [0.05, 0.1) is 5.69 Å². The number of aromatic nitrogens is 1. The minimum absolute atomic E-state index is 0.111. The summed E-state index contributed by atoms with van der Waals surface area (Å²) >= 11 is 0. The lowest BCUT2D eigenvalue weighted by molar-refractivity contribution is -0.136. The Hall–Kier alpha value is -1.63. The Bertz CT molecular complexity index is 500. The van der Waals surface area contributed by atoms with Crippen molar-refractivity contribution in [3.63, 3.8) is 0 Å². The predicted octanol–water partition coefficient (Wildman–Crippen LogP) is 0.0747. The smallest absolute Gasteiger partial charge is 0.323 e. The first kappa shape index (κ1) is 10.9. The number of hydrogen-bond acceptors (Lipinski definition) is 4. The molecule has 86 valence electrons. The second-order valence-corrected chi connectivity index (χ2v) is 5.48. The molecular formula is C9H10N2O4S. The van der Waals surface area contributed by atoms with Gasteiger partial charge in [0.15, 0.2) is 5.25 Å². The molecule has 1 aromatic rings. The van der Waals surface area contributed by atoms with Crippen molar-refractivity contribution in [2.45, 2.75) is 11.7 Å². The maximum atomic E-state index is 11.9. The van der Waals surface area contributed by atoms with Gasteiger partial charge in [-0.2, -0.15) is 0 Å². The molecule has 1 unspecified atom stereocenters. The zero-order valence-electron chi connectivity index (χ0n) is 8.28. The van der Waals surface area contributed by atoms with Gasteiger partial charge in [-0.15, -0.1) is 0 Å². The van der Waals surface area contributed by atoms with E-state index >= 15 is 0 Å². The Morgan fingerprint density at radius 1 is 1.44 bits per heavy atom. The zero-order valence-corrected chi connectivity index (χ0v) is 9.09. The molecule has 0 saturated carbocycles. The number of carboxylic acids is 1. The van der Waals surface area contributed by atoms with Gasteiger partial charge in [-0.05, 0) is 18.6 Å². The van der Waals surface area contributed by atoms with E-state index in [9.17, 15) is 13.2 Å². The van der Waals surface area contributed by atoms with Crippen LogP contribution in [0.5, 0.6) is 0 Å². The predicted molar refractivity (Wildman–Crippen MR) is 56.5 cm³/mol. The molecule has 2 rings (SSSR count). The molecule has 0 amide bonds. The summed E-state index contributed by atoms with van der Waals surface area (Å²) in [4.78, 5) is 14.6. The van der Waals surface area contributed by atoms with Crippen LogP contribution in [0.3, 0.4) is 0 Å². The summed E-state index contributed by atoms with van der Waals surface area (Å²) in [5.41, 5.74) is 0.457. The van der Waals surface area contributed by atoms with E-state index in [-0.39, 0.29) is 13.0 Å². The van der Waals surface area contributed by atoms with E-state index in [1.54, 1.807) is 12.1 Å². The molecule has 1 aliphatic rings. The summed E-state index contributed by atoms with van der Waals surface area (Å²) < 4.78 is 24.8. The van der Waals surface area contributed by atoms with Crippen molar-refractivity contribution in [2.75, 3.05) is 10.8 Å². The molecule has 6 nitrogen and oxygen atoms in total. The molecule has 0 aliphatic carbocycles. The van der Waals surface area contributed by atoms with Crippen LogP contribution >= 0.6 is 0 Å². The lowest BCUT2D eigenvalue weighted by atomic mass is 10.3. The van der Waals surface area contributed by atoms with Crippen molar-refractivity contribution < 1.29 is 18.3 Å². The summed E-state index contributed by atoms with van der Waals surface area (Å²) in [5, 5.41) is 7.46. The zero-order chi connectivity index (χ0) is 11.8. The summed E-state index contributed by atoms with van der Waals surface area (Å²) in [7, 11) is -3.77. The molecule has 1 aromatic heterocycles. The molecule has 1 fully saturated rings. The van der Waals surface area contributed by atoms with Gasteiger partial charge in [-0.25, -0.2) is 8.42 Å². The van der Waals surface area contributed by atoms with Crippen LogP contribution in [0.4, 0.5) is 5.69 Å². The van der Waals surface area contributed by atoms with Gasteiger partial charge >= 0.3 is 5.97 Å². The molecule has 16 heavy (non-hydrogen) atoms. The Kier molecular flexibility index (Phi) is 2.55. The number of carbonyl (C=O) groups is 1. The van der Waals surface area contributed by atoms with Crippen molar-refractivity contribution in [2.24, 2.45) is 0 Å². The van der Waals surface area contributed by atoms with Crippen LogP contribution in [0.15, 0.2) is 24.5 Å². The number of sulfonamides is 1. The maximum Gasteiger partial charge on any atom is 0.323 e. The first-order valence-corrected chi connectivity index (χ1v) is 6.18. The van der Waals surface area contributed by atoms with Crippen molar-refractivity contribution in [3.8, 4) is 0 Å². The van der Waals surface area contributed by atoms with Gasteiger partial charge in [0, 0.05) is 18.9 Å². The highest BCUT2D eigenvalue weighted by molar-refractivity contribution is 7.94. The van der Waals surface area contributed by atoms with E-state index < -0.39 is 21.2 Å². The Balaban J connectivity index is 2.38. The second-order valence-electron chi connectivity index (χ2n) is 3.44. The maximum absolute atomic E-state index is 11.9. The van der Waals surface area contributed by atoms with E-state index in [0.29, 0.717) is 5.69 Å². The number of rotatable bonds is 2. The number of hydrogen-bond donors (Lipinski definition) is 1. The second kappa shape index (κ2) is 3.75. The standard InChI is InChI=1S/C9H10N2O4S/c12-9(13)8-3-6-11(16(8,14)15)7-1-4-10-5-2-7/h1-2,4-5,8H,3,6H2,(H,12,13). The van der Waals surface area contributed by atoms with Crippen LogP contribution in [-0.4, -0.2) is 36.3 Å². The first-order valence-electron chi connectivity index (χ1n) is 4.68. The number of nitrogens with zero attached hydrogens (tertiary/aromatic N) is 2. The minimum atomic E-state index is -3.77. The minimum Gasteiger partial charge on any atom is -0.480 e. The van der Waals surface area contributed by atoms with Crippen LogP contribution in [0.25, 0.3) is 0 Å². The van der Waals surface area contributed by atoms with Crippen molar-refractivity contribution in [1.82, 2.24) is 4.98 Å². The van der Waals surface area contributed by atoms with Gasteiger partial charge in [0.1, 0.15) is 0 Å². The van der Waals surface area contributed by atoms with Crippen LogP contribution < -0.4 is 4.31 Å². The molecule has 0 spiro atoms. The van der Waals surface area contributed by atoms with E-state index in [1.165, 1.54) is 12.4 Å². The van der Waals surface area contributed by atoms with E-state index in [2.05, 4.69) is 4.98 Å². The molecule has 0 bridgehead atoms. The van der Waals surface area contributed by atoms with Gasteiger partial charge in [-0.3, -0.25) is 14.1 Å². The molecule has 1 saturated heterocycles. The highest BCUT2D eigenvalue weighted by Gasteiger charge is 2.43. The average molecular weight is 242 g/mol. The van der Waals surface area contributed by atoms with Gasteiger partial charge in [0.2, 0.25) is 10.0 Å². The molecule has 1 N–H and O–H groups in total. The summed E-state index contributed by atoms with van der Waals surface area (Å²) in [6.45, 7) is 0.198. The highest BCUT2D eigenvalue weighted by atomic mass is 32.2. The summed E-state index contributed by atoms with van der Waals surface area (Å²) in [6.07, 6.45) is 3.05. The third-order valence-corrected chi connectivity index (χ3v) is 4.65. The fourth-order valence-corrected chi connectivity index (χ4v) is 3.44. The van der Waals surface area contributed by atoms with Gasteiger partial charge < -0.3 is 5.11 Å². The quantitative estimate of drug-likeness (QED) is 0.793. The van der Waals surface area contributed by atoms with E-state index in [1.807, 2.05) is 0 Å². The fraction of sp³-hybridized carbons (Fsp3) is 0.333. The van der Waals surface area contributed by atoms with Gasteiger partial charge in [-0.1, -0.05) is 0 Å². The third kappa shape index (κ3) is 1.63. The average Bonchev–Trinajstić information content (AvgIpc) is 2.55. The number of carboxylic acid groups (broad SMARTS) is 1. The number of pyridine rings is 1. The van der Waals surface area contributed by atoms with E-state index in [0.717, 1.165) is 4.31 Å². The monoisotopic (exact) mass is 242 g/mol. The lowest BCUT2D eigenvalue weighted by Gasteiger charge is -2.17. The largest absolute Gasteiger partial charge is 0.480 e. The van der Waals surface area contributed by atoms with Crippen molar-refractivity contribution >= 4 is 21.7 Å². The number of anilines is 1. The van der Waals surface area contributed by atoms with Crippen molar-refractivity contribution in [1.29, 1.82) is 0 Å². The normalized spacial score (nSPS) is 23.2. The topological polar surface area (TPSA) is 87.6 Å². The summed E-state index contributed by atoms with van der Waals surface area (Å²) in [5.74, 6) is -1.29. The van der Waals surface area contributed by atoms with Crippen molar-refractivity contribution in [3.05, 3.63) is 24.5 Å². The summed E-state index contributed by atoms with van der Waals surface area (Å²) in [6, 6.07) is 3.09. The Labute approximate surface area is 92.6 Å². The molecule has 1 aliphatic heterocycles. The molecule has 2 heterocycles. The number of aliphatic carboxylic acids is 1. The van der Waals surface area contributed by atoms with Gasteiger partial charge in [0.25, 0.3) is 0 Å². The SMILES string of the molecule is O=C(O)C1CCN(c2ccncc2)S1(=O)=O. The molecule has 7 heteroatoms. The molecule has 0 aromatic carbocycles.